The molecule has 1 aromatic heterocycles. The first-order valence-corrected chi connectivity index (χ1v) is 12.5. The minimum Gasteiger partial charge on any atom is -0.475 e. The molecule has 39 heavy (non-hydrogen) atoms. The molecule has 1 atom stereocenters. The summed E-state index contributed by atoms with van der Waals surface area (Å²) in [5.74, 6) is -2.37. The second-order valence-corrected chi connectivity index (χ2v) is 9.62. The van der Waals surface area contributed by atoms with Gasteiger partial charge in [0.2, 0.25) is 0 Å². The number of carboxylic acid groups (broad SMARTS) is 1. The number of allylic oxidation sites excluding steroid dienone is 3. The molecule has 1 aliphatic heterocycles. The van der Waals surface area contributed by atoms with E-state index in [1.54, 1.807) is 17.6 Å². The fraction of sp³-hybridized carbons (Fsp3) is 0.321. The minimum absolute atomic E-state index is 0.256. The van der Waals surface area contributed by atoms with E-state index in [9.17, 15) is 18.0 Å². The number of alkyl halides is 3. The van der Waals surface area contributed by atoms with Crippen LogP contribution in [0.3, 0.4) is 0 Å². The largest absolute Gasteiger partial charge is 0.490 e. The van der Waals surface area contributed by atoms with Gasteiger partial charge >= 0.3 is 12.1 Å². The Hall–Kier alpha value is -3.96. The van der Waals surface area contributed by atoms with Crippen molar-refractivity contribution in [2.45, 2.75) is 37.3 Å². The zero-order chi connectivity index (χ0) is 28.0. The number of carbonyl (C=O) groups is 2. The van der Waals surface area contributed by atoms with Gasteiger partial charge in [0.1, 0.15) is 5.82 Å². The smallest absolute Gasteiger partial charge is 0.475 e. The summed E-state index contributed by atoms with van der Waals surface area (Å²) in [7, 11) is 0. The Morgan fingerprint density at radius 1 is 1.08 bits per heavy atom. The molecule has 206 valence electrons. The molecular weight excluding hydrogens is 513 g/mol. The number of hydroxylamine groups is 1. The number of aliphatic carboxylic acids is 1. The number of imidazole rings is 1. The highest BCUT2D eigenvalue weighted by Gasteiger charge is 2.38. The zero-order valence-corrected chi connectivity index (χ0v) is 21.0. The quantitative estimate of drug-likeness (QED) is 0.264. The van der Waals surface area contributed by atoms with Crippen LogP contribution in [0.2, 0.25) is 0 Å². The van der Waals surface area contributed by atoms with Crippen LogP contribution >= 0.6 is 0 Å². The van der Waals surface area contributed by atoms with Gasteiger partial charge in [-0.25, -0.2) is 15.3 Å². The second kappa shape index (κ2) is 11.8. The SMILES string of the molecule is O=C(NO)c1ccc2nc(C3(CN4CCCCC4)C=CC(c4ccccc4)=CC3)[nH]c2c1.O=C(O)C(F)(F)F. The van der Waals surface area contributed by atoms with Gasteiger partial charge in [-0.15, -0.1) is 0 Å². The molecule has 2 heterocycles. The van der Waals surface area contributed by atoms with E-state index in [2.05, 4.69) is 52.4 Å². The van der Waals surface area contributed by atoms with Gasteiger partial charge in [-0.1, -0.05) is 55.0 Å². The number of carbonyl (C=O) groups excluding carboxylic acids is 1. The van der Waals surface area contributed by atoms with Crippen LogP contribution in [-0.2, 0) is 10.2 Å². The van der Waals surface area contributed by atoms with E-state index in [0.29, 0.717) is 5.56 Å². The van der Waals surface area contributed by atoms with Gasteiger partial charge in [0.05, 0.1) is 16.4 Å². The highest BCUT2D eigenvalue weighted by atomic mass is 19.4. The van der Waals surface area contributed by atoms with Crippen LogP contribution in [0.15, 0.2) is 66.8 Å². The lowest BCUT2D eigenvalue weighted by atomic mass is 9.77. The normalized spacial score (nSPS) is 19.6. The minimum atomic E-state index is -5.08. The van der Waals surface area contributed by atoms with Crippen LogP contribution in [0, 0.1) is 0 Å². The summed E-state index contributed by atoms with van der Waals surface area (Å²) < 4.78 is 31.7. The van der Waals surface area contributed by atoms with Crippen LogP contribution < -0.4 is 5.48 Å². The third-order valence-electron chi connectivity index (χ3n) is 6.89. The van der Waals surface area contributed by atoms with Crippen LogP contribution in [-0.4, -0.2) is 62.9 Å². The number of halogens is 3. The number of carboxylic acids is 1. The van der Waals surface area contributed by atoms with Crippen molar-refractivity contribution in [1.29, 1.82) is 0 Å². The molecule has 4 N–H and O–H groups in total. The number of fused-ring (bicyclic) bond motifs is 1. The first-order chi connectivity index (χ1) is 18.6. The third-order valence-corrected chi connectivity index (χ3v) is 6.89. The number of piperidine rings is 1. The van der Waals surface area contributed by atoms with E-state index >= 15 is 0 Å². The Morgan fingerprint density at radius 3 is 2.36 bits per heavy atom. The molecule has 11 heteroatoms. The summed E-state index contributed by atoms with van der Waals surface area (Å²) in [6.45, 7) is 3.14. The van der Waals surface area contributed by atoms with Gasteiger partial charge in [0, 0.05) is 12.1 Å². The molecule has 0 bridgehead atoms. The van der Waals surface area contributed by atoms with Crippen molar-refractivity contribution in [2.75, 3.05) is 19.6 Å². The Balaban J connectivity index is 0.000000448. The van der Waals surface area contributed by atoms with E-state index in [1.807, 2.05) is 12.1 Å². The van der Waals surface area contributed by atoms with Gasteiger partial charge in [-0.2, -0.15) is 13.2 Å². The number of hydrogen-bond donors (Lipinski definition) is 4. The molecule has 3 aromatic rings. The van der Waals surface area contributed by atoms with Crippen molar-refractivity contribution in [3.05, 3.63) is 83.7 Å². The molecule has 8 nitrogen and oxygen atoms in total. The van der Waals surface area contributed by atoms with Crippen molar-refractivity contribution in [3.8, 4) is 0 Å². The summed E-state index contributed by atoms with van der Waals surface area (Å²) >= 11 is 0. The fourth-order valence-corrected chi connectivity index (χ4v) is 4.86. The molecule has 0 spiro atoms. The van der Waals surface area contributed by atoms with E-state index in [1.165, 1.54) is 30.4 Å². The first kappa shape index (κ1) is 28.1. The van der Waals surface area contributed by atoms with Crippen molar-refractivity contribution in [3.63, 3.8) is 0 Å². The number of hydrogen-bond acceptors (Lipinski definition) is 5. The van der Waals surface area contributed by atoms with Crippen LogP contribution in [0.25, 0.3) is 16.6 Å². The molecule has 1 unspecified atom stereocenters. The summed E-state index contributed by atoms with van der Waals surface area (Å²) in [5, 5.41) is 16.1. The number of H-pyrrole nitrogens is 1. The van der Waals surface area contributed by atoms with Crippen molar-refractivity contribution >= 4 is 28.5 Å². The van der Waals surface area contributed by atoms with E-state index in [0.717, 1.165) is 42.9 Å². The van der Waals surface area contributed by atoms with E-state index in [4.69, 9.17) is 20.1 Å². The van der Waals surface area contributed by atoms with Gasteiger partial charge in [0.15, 0.2) is 0 Å². The zero-order valence-electron chi connectivity index (χ0n) is 21.0. The van der Waals surface area contributed by atoms with Crippen LogP contribution in [0.4, 0.5) is 13.2 Å². The highest BCUT2D eigenvalue weighted by molar-refractivity contribution is 5.96. The summed E-state index contributed by atoms with van der Waals surface area (Å²) in [5.41, 5.74) is 5.91. The van der Waals surface area contributed by atoms with E-state index in [-0.39, 0.29) is 5.41 Å². The Labute approximate surface area is 222 Å². The average molecular weight is 543 g/mol. The summed E-state index contributed by atoms with van der Waals surface area (Å²) in [4.78, 5) is 31.7. The maximum Gasteiger partial charge on any atom is 0.490 e. The number of rotatable bonds is 5. The maximum atomic E-state index is 11.8. The molecule has 1 aliphatic carbocycles. The fourth-order valence-electron chi connectivity index (χ4n) is 4.86. The molecule has 1 fully saturated rings. The van der Waals surface area contributed by atoms with Gasteiger partial charge < -0.3 is 15.0 Å². The van der Waals surface area contributed by atoms with Gasteiger partial charge in [-0.05, 0) is 61.7 Å². The lowest BCUT2D eigenvalue weighted by molar-refractivity contribution is -0.192. The average Bonchev–Trinajstić information content (AvgIpc) is 3.38. The number of benzene rings is 2. The number of likely N-dealkylation sites (tertiary alicyclic amines) is 1. The molecule has 1 amide bonds. The second-order valence-electron chi connectivity index (χ2n) is 9.62. The molecular formula is C28H29F3N4O4. The monoisotopic (exact) mass is 542 g/mol. The summed E-state index contributed by atoms with van der Waals surface area (Å²) in [6.07, 6.45) is 6.40. The topological polar surface area (TPSA) is 119 Å². The number of nitrogens with one attached hydrogen (secondary N) is 2. The molecule has 0 radical (unpaired) electrons. The summed E-state index contributed by atoms with van der Waals surface area (Å²) in [6, 6.07) is 15.7. The van der Waals surface area contributed by atoms with Gasteiger partial charge in [-0.3, -0.25) is 10.0 Å². The van der Waals surface area contributed by atoms with Crippen molar-refractivity contribution < 1.29 is 33.1 Å². The van der Waals surface area contributed by atoms with Crippen LogP contribution in [0.1, 0.15) is 47.4 Å². The molecule has 1 saturated heterocycles. The number of amides is 1. The standard InChI is InChI=1S/C26H28N4O2.C2HF3O2/c31-24(29-32)21-9-10-22-23(17-21)28-25(27-22)26(18-30-15-5-2-6-16-30)13-11-20(12-14-26)19-7-3-1-4-8-19;3-2(4,5)1(6)7/h1,3-4,7-13,17,32H,2,5-6,14-16,18H2,(H,27,28)(H,29,31);(H,6,7). The molecule has 0 saturated carbocycles. The predicted molar refractivity (Wildman–Crippen MR) is 139 cm³/mol. The molecule has 5 rings (SSSR count). The highest BCUT2D eigenvalue weighted by Crippen LogP contribution is 2.37. The van der Waals surface area contributed by atoms with Crippen molar-refractivity contribution in [2.24, 2.45) is 0 Å². The van der Waals surface area contributed by atoms with Gasteiger partial charge in [0.25, 0.3) is 5.91 Å². The Bertz CT molecular complexity index is 1380. The number of aromatic nitrogens is 2. The first-order valence-electron chi connectivity index (χ1n) is 12.5. The lowest BCUT2D eigenvalue weighted by Crippen LogP contribution is -2.43. The Kier molecular flexibility index (Phi) is 8.51. The predicted octanol–water partition coefficient (Wildman–Crippen LogP) is 5.08. The molecule has 2 aliphatic rings. The van der Waals surface area contributed by atoms with Crippen LogP contribution in [0.5, 0.6) is 0 Å². The lowest BCUT2D eigenvalue weighted by Gasteiger charge is -2.37. The maximum absolute atomic E-state index is 11.8. The Morgan fingerprint density at radius 2 is 1.77 bits per heavy atom. The van der Waals surface area contributed by atoms with Crippen molar-refractivity contribution in [1.82, 2.24) is 20.3 Å². The van der Waals surface area contributed by atoms with E-state index < -0.39 is 18.1 Å². The molecule has 2 aromatic carbocycles. The number of aromatic amines is 1. The number of nitrogens with zero attached hydrogens (tertiary/aromatic N) is 2. The third kappa shape index (κ3) is 6.73.